The minimum absolute atomic E-state index is 0.0234. The largest absolute Gasteiger partial charge is 0.406 e. The topological polar surface area (TPSA) is 57.7 Å². The lowest BCUT2D eigenvalue weighted by Crippen LogP contribution is -2.45. The Morgan fingerprint density at radius 1 is 1.27 bits per heavy atom. The van der Waals surface area contributed by atoms with Crippen LogP contribution in [0.2, 0.25) is 0 Å². The number of hydrogen-bond donors (Lipinski definition) is 0. The fourth-order valence-electron chi connectivity index (χ4n) is 2.78. The van der Waals surface area contributed by atoms with Crippen molar-refractivity contribution in [3.8, 4) is 0 Å². The van der Waals surface area contributed by atoms with Crippen LogP contribution in [-0.2, 0) is 10.0 Å². The fraction of sp³-hybridized carbons (Fsp3) is 0.588. The first-order valence-electron chi connectivity index (χ1n) is 8.25. The fourth-order valence-corrected chi connectivity index (χ4v) is 3.71. The Labute approximate surface area is 151 Å². The number of amides is 1. The highest BCUT2D eigenvalue weighted by Crippen LogP contribution is 2.37. The number of carbonyl (C=O) groups is 1. The number of rotatable bonds is 6. The van der Waals surface area contributed by atoms with Crippen LogP contribution >= 0.6 is 0 Å². The van der Waals surface area contributed by atoms with Gasteiger partial charge in [0.2, 0.25) is 10.0 Å². The van der Waals surface area contributed by atoms with Crippen molar-refractivity contribution >= 4 is 15.9 Å². The Hall–Kier alpha value is -1.61. The van der Waals surface area contributed by atoms with Crippen LogP contribution in [-0.4, -0.2) is 56.4 Å². The first kappa shape index (κ1) is 20.7. The van der Waals surface area contributed by atoms with E-state index in [1.165, 1.54) is 26.2 Å². The summed E-state index contributed by atoms with van der Waals surface area (Å²) in [6, 6.07) is 3.39. The van der Waals surface area contributed by atoms with Crippen molar-refractivity contribution in [1.82, 2.24) is 9.21 Å². The summed E-state index contributed by atoms with van der Waals surface area (Å²) in [6.07, 6.45) is -2.95. The third-order valence-electron chi connectivity index (χ3n) is 4.62. The van der Waals surface area contributed by atoms with Crippen LogP contribution in [0.25, 0.3) is 0 Å². The molecule has 1 aliphatic rings. The zero-order valence-corrected chi connectivity index (χ0v) is 16.0. The molecule has 1 fully saturated rings. The van der Waals surface area contributed by atoms with Gasteiger partial charge in [0.25, 0.3) is 5.91 Å². The Morgan fingerprint density at radius 2 is 1.85 bits per heavy atom. The van der Waals surface area contributed by atoms with Gasteiger partial charge in [-0.25, -0.2) is 12.7 Å². The van der Waals surface area contributed by atoms with E-state index in [0.29, 0.717) is 5.56 Å². The smallest absolute Gasteiger partial charge is 0.327 e. The number of alkyl halides is 3. The van der Waals surface area contributed by atoms with Gasteiger partial charge in [0.1, 0.15) is 6.54 Å². The Balaban J connectivity index is 2.44. The predicted molar refractivity (Wildman–Crippen MR) is 91.3 cm³/mol. The maximum absolute atomic E-state index is 13.0. The second kappa shape index (κ2) is 7.19. The van der Waals surface area contributed by atoms with Crippen molar-refractivity contribution in [3.63, 3.8) is 0 Å². The molecule has 1 saturated carbocycles. The predicted octanol–water partition coefficient (Wildman–Crippen LogP) is 3.05. The van der Waals surface area contributed by atoms with Crippen LogP contribution in [0.1, 0.15) is 35.7 Å². The summed E-state index contributed by atoms with van der Waals surface area (Å²) in [5.41, 5.74) is 0.410. The zero-order chi connectivity index (χ0) is 19.9. The van der Waals surface area contributed by atoms with Crippen LogP contribution in [0.15, 0.2) is 23.1 Å². The van der Waals surface area contributed by atoms with E-state index in [1.807, 2.05) is 0 Å². The maximum atomic E-state index is 13.0. The monoisotopic (exact) mass is 392 g/mol. The second-order valence-electron chi connectivity index (χ2n) is 6.89. The van der Waals surface area contributed by atoms with E-state index >= 15 is 0 Å². The van der Waals surface area contributed by atoms with Crippen molar-refractivity contribution in [3.05, 3.63) is 29.3 Å². The highest BCUT2D eigenvalue weighted by molar-refractivity contribution is 7.89. The molecule has 0 N–H and O–H groups in total. The lowest BCUT2D eigenvalue weighted by molar-refractivity contribution is -0.144. The van der Waals surface area contributed by atoms with Crippen LogP contribution in [0.4, 0.5) is 13.2 Å². The molecule has 5 nitrogen and oxygen atoms in total. The van der Waals surface area contributed by atoms with Crippen molar-refractivity contribution in [2.45, 2.75) is 43.8 Å². The zero-order valence-electron chi connectivity index (χ0n) is 15.2. The molecule has 1 atom stereocenters. The molecular formula is C17H23F3N2O3S. The lowest BCUT2D eigenvalue weighted by atomic mass is 10.1. The van der Waals surface area contributed by atoms with Crippen molar-refractivity contribution in [2.24, 2.45) is 5.92 Å². The molecule has 0 bridgehead atoms. The standard InChI is InChI=1S/C17H23F3N2O3S/c1-11-5-8-14(26(24,25)21(3)4)9-15(11)16(23)22(10-17(18,19)20)12(2)13-6-7-13/h5,8-9,12-13H,6-7,10H2,1-4H3/t12-/m1/s1. The van der Waals surface area contributed by atoms with E-state index in [2.05, 4.69) is 0 Å². The summed E-state index contributed by atoms with van der Waals surface area (Å²) < 4.78 is 64.6. The van der Waals surface area contributed by atoms with Gasteiger partial charge in [0.15, 0.2) is 0 Å². The highest BCUT2D eigenvalue weighted by Gasteiger charge is 2.41. The summed E-state index contributed by atoms with van der Waals surface area (Å²) in [6.45, 7) is 1.83. The number of hydrogen-bond acceptors (Lipinski definition) is 3. The van der Waals surface area contributed by atoms with Gasteiger partial charge in [0, 0.05) is 25.7 Å². The minimum Gasteiger partial charge on any atom is -0.327 e. The van der Waals surface area contributed by atoms with Gasteiger partial charge in [-0.2, -0.15) is 13.2 Å². The summed E-state index contributed by atoms with van der Waals surface area (Å²) in [4.78, 5) is 13.6. The molecule has 2 rings (SSSR count). The van der Waals surface area contributed by atoms with Gasteiger partial charge < -0.3 is 4.90 Å². The number of sulfonamides is 1. The minimum atomic E-state index is -4.53. The molecule has 0 unspecified atom stereocenters. The number of aryl methyl sites for hydroxylation is 1. The molecule has 146 valence electrons. The number of benzene rings is 1. The number of nitrogens with zero attached hydrogens (tertiary/aromatic N) is 2. The molecule has 0 saturated heterocycles. The lowest BCUT2D eigenvalue weighted by Gasteiger charge is -2.31. The molecule has 0 spiro atoms. The average Bonchev–Trinajstić information content (AvgIpc) is 3.35. The van der Waals surface area contributed by atoms with Crippen molar-refractivity contribution in [2.75, 3.05) is 20.6 Å². The second-order valence-corrected chi connectivity index (χ2v) is 9.04. The van der Waals surface area contributed by atoms with Gasteiger partial charge in [-0.3, -0.25) is 4.79 Å². The first-order chi connectivity index (χ1) is 11.8. The Kier molecular flexibility index (Phi) is 5.72. The normalized spacial score (nSPS) is 16.6. The van der Waals surface area contributed by atoms with E-state index in [1.54, 1.807) is 13.8 Å². The third-order valence-corrected chi connectivity index (χ3v) is 6.44. The summed E-state index contributed by atoms with van der Waals surface area (Å²) in [5, 5.41) is 0. The van der Waals surface area contributed by atoms with Crippen LogP contribution in [0.3, 0.4) is 0 Å². The molecule has 1 aromatic carbocycles. The van der Waals surface area contributed by atoms with Crippen molar-refractivity contribution in [1.29, 1.82) is 0 Å². The van der Waals surface area contributed by atoms with Gasteiger partial charge in [0.05, 0.1) is 4.90 Å². The molecule has 1 amide bonds. The average molecular weight is 392 g/mol. The van der Waals surface area contributed by atoms with E-state index in [9.17, 15) is 26.4 Å². The summed E-state index contributed by atoms with van der Waals surface area (Å²) in [5.74, 6) is -0.745. The van der Waals surface area contributed by atoms with Crippen molar-refractivity contribution < 1.29 is 26.4 Å². The molecule has 0 heterocycles. The van der Waals surface area contributed by atoms with Crippen LogP contribution < -0.4 is 0 Å². The summed E-state index contributed by atoms with van der Waals surface area (Å²) in [7, 11) is -1.10. The molecule has 26 heavy (non-hydrogen) atoms. The van der Waals surface area contributed by atoms with Crippen LogP contribution in [0, 0.1) is 12.8 Å². The Bertz CT molecular complexity index is 787. The van der Waals surface area contributed by atoms with E-state index < -0.39 is 34.7 Å². The molecule has 9 heteroatoms. The van der Waals surface area contributed by atoms with Gasteiger partial charge in [-0.15, -0.1) is 0 Å². The SMILES string of the molecule is Cc1ccc(S(=O)(=O)N(C)C)cc1C(=O)N(CC(F)(F)F)[C@H](C)C1CC1. The quantitative estimate of drug-likeness (QED) is 0.748. The highest BCUT2D eigenvalue weighted by atomic mass is 32.2. The molecule has 0 radical (unpaired) electrons. The van der Waals surface area contributed by atoms with Crippen LogP contribution in [0.5, 0.6) is 0 Å². The number of halogens is 3. The number of carbonyl (C=O) groups excluding carboxylic acids is 1. The summed E-state index contributed by atoms with van der Waals surface area (Å²) >= 11 is 0. The maximum Gasteiger partial charge on any atom is 0.406 e. The van der Waals surface area contributed by atoms with E-state index in [-0.39, 0.29) is 16.4 Å². The van der Waals surface area contributed by atoms with E-state index in [4.69, 9.17) is 0 Å². The molecule has 1 aliphatic carbocycles. The van der Waals surface area contributed by atoms with Gasteiger partial charge in [-0.05, 0) is 50.3 Å². The molecule has 1 aromatic rings. The Morgan fingerprint density at radius 3 is 2.31 bits per heavy atom. The van der Waals surface area contributed by atoms with Gasteiger partial charge >= 0.3 is 6.18 Å². The molecule has 0 aromatic heterocycles. The molecular weight excluding hydrogens is 369 g/mol. The molecule has 0 aliphatic heterocycles. The first-order valence-corrected chi connectivity index (χ1v) is 9.69. The van der Waals surface area contributed by atoms with Gasteiger partial charge in [-0.1, -0.05) is 6.07 Å². The third kappa shape index (κ3) is 4.56. The van der Waals surface area contributed by atoms with E-state index in [0.717, 1.165) is 28.1 Å².